The molecule has 0 amide bonds. The van der Waals surface area contributed by atoms with E-state index in [1.807, 2.05) is 58.0 Å². The van der Waals surface area contributed by atoms with Crippen molar-refractivity contribution >= 4 is 17.5 Å². The predicted molar refractivity (Wildman–Crippen MR) is 138 cm³/mol. The molecule has 0 saturated carbocycles. The Balaban J connectivity index is 1.60. The van der Waals surface area contributed by atoms with E-state index in [-0.39, 0.29) is 40.3 Å². The first-order valence-corrected chi connectivity index (χ1v) is 12.7. The number of carbonyl (C=O) groups excluding carboxylic acids is 2. The molecule has 2 aliphatic carbocycles. The van der Waals surface area contributed by atoms with Gasteiger partial charge in [0.25, 0.3) is 0 Å². The van der Waals surface area contributed by atoms with Crippen LogP contribution < -0.4 is 4.74 Å². The minimum Gasteiger partial charge on any atom is -0.488 e. The highest BCUT2D eigenvalue weighted by atomic mass is 16.5. The van der Waals surface area contributed by atoms with Gasteiger partial charge in [-0.2, -0.15) is 0 Å². The van der Waals surface area contributed by atoms with Crippen molar-refractivity contribution in [1.29, 1.82) is 0 Å². The summed E-state index contributed by atoms with van der Waals surface area (Å²) < 4.78 is 12.2. The zero-order valence-corrected chi connectivity index (χ0v) is 21.7. The van der Waals surface area contributed by atoms with Gasteiger partial charge in [0.1, 0.15) is 29.4 Å². The molecule has 0 radical (unpaired) electrons. The molecule has 37 heavy (non-hydrogen) atoms. The maximum Gasteiger partial charge on any atom is 0.339 e. The van der Waals surface area contributed by atoms with Gasteiger partial charge in [0, 0.05) is 42.7 Å². The molecule has 192 valence electrons. The van der Waals surface area contributed by atoms with Crippen LogP contribution >= 0.6 is 0 Å². The SMILES string of the molecule is CC1(C)CC(=O)C2=C(C1)OC1=C(C(=O)CC(C)(C)C1)C2c1ccc(OCc2ccccc2)c(C(=O)O)c1. The largest absolute Gasteiger partial charge is 0.488 e. The van der Waals surface area contributed by atoms with Crippen molar-refractivity contribution in [2.45, 2.75) is 65.9 Å². The fraction of sp³-hybridized carbons (Fsp3) is 0.387. The number of benzene rings is 2. The number of hydrogen-bond acceptors (Lipinski definition) is 5. The van der Waals surface area contributed by atoms with Crippen molar-refractivity contribution < 1.29 is 29.0 Å². The predicted octanol–water partition coefficient (Wildman–Crippen LogP) is 6.36. The number of hydrogen-bond donors (Lipinski definition) is 1. The fourth-order valence-corrected chi connectivity index (χ4v) is 5.76. The summed E-state index contributed by atoms with van der Waals surface area (Å²) in [6.45, 7) is 8.37. The zero-order valence-electron chi connectivity index (χ0n) is 21.7. The molecular formula is C31H32O6. The summed E-state index contributed by atoms with van der Waals surface area (Å²) in [4.78, 5) is 39.2. The van der Waals surface area contributed by atoms with E-state index in [1.54, 1.807) is 18.2 Å². The van der Waals surface area contributed by atoms with E-state index in [0.29, 0.717) is 53.9 Å². The molecule has 3 aliphatic rings. The van der Waals surface area contributed by atoms with Gasteiger partial charge in [0.05, 0.1) is 0 Å². The van der Waals surface area contributed by atoms with E-state index < -0.39 is 11.9 Å². The Hall–Kier alpha value is -3.67. The van der Waals surface area contributed by atoms with Crippen molar-refractivity contribution in [3.63, 3.8) is 0 Å². The Kier molecular flexibility index (Phi) is 6.09. The molecule has 0 unspecified atom stereocenters. The van der Waals surface area contributed by atoms with Crippen LogP contribution in [0.1, 0.15) is 80.8 Å². The van der Waals surface area contributed by atoms with Gasteiger partial charge in [0.15, 0.2) is 11.6 Å². The Bertz CT molecular complexity index is 1310. The van der Waals surface area contributed by atoms with Crippen molar-refractivity contribution in [2.75, 3.05) is 0 Å². The quantitative estimate of drug-likeness (QED) is 0.514. The summed E-state index contributed by atoms with van der Waals surface area (Å²) in [6.07, 6.45) is 1.86. The number of Topliss-reactive ketones (excluding diaryl/α,β-unsaturated/α-hetero) is 2. The summed E-state index contributed by atoms with van der Waals surface area (Å²) in [5, 5.41) is 10.0. The molecule has 0 saturated heterocycles. The molecule has 6 heteroatoms. The van der Waals surface area contributed by atoms with E-state index in [4.69, 9.17) is 9.47 Å². The normalized spacial score (nSPS) is 20.8. The first-order valence-electron chi connectivity index (χ1n) is 12.7. The second kappa shape index (κ2) is 9.02. The summed E-state index contributed by atoms with van der Waals surface area (Å²) in [7, 11) is 0. The number of rotatable bonds is 5. The lowest BCUT2D eigenvalue weighted by Gasteiger charge is -2.42. The van der Waals surface area contributed by atoms with Crippen molar-refractivity contribution in [2.24, 2.45) is 10.8 Å². The van der Waals surface area contributed by atoms with Gasteiger partial charge in [-0.25, -0.2) is 4.79 Å². The average Bonchev–Trinajstić information content (AvgIpc) is 2.80. The van der Waals surface area contributed by atoms with Gasteiger partial charge < -0.3 is 14.6 Å². The van der Waals surface area contributed by atoms with Crippen LogP contribution in [0.25, 0.3) is 0 Å². The Morgan fingerprint density at radius 1 is 0.892 bits per heavy atom. The van der Waals surface area contributed by atoms with E-state index in [0.717, 1.165) is 5.56 Å². The minimum absolute atomic E-state index is 0.00333. The Morgan fingerprint density at radius 2 is 1.46 bits per heavy atom. The van der Waals surface area contributed by atoms with Gasteiger partial charge in [-0.1, -0.05) is 64.1 Å². The third kappa shape index (κ3) is 4.85. The highest BCUT2D eigenvalue weighted by Gasteiger charge is 2.48. The summed E-state index contributed by atoms with van der Waals surface area (Å²) in [5.74, 6) is -0.431. The Labute approximate surface area is 217 Å². The molecular weight excluding hydrogens is 468 g/mol. The van der Waals surface area contributed by atoms with Crippen LogP contribution in [0.3, 0.4) is 0 Å². The molecule has 5 rings (SSSR count). The lowest BCUT2D eigenvalue weighted by molar-refractivity contribution is -0.120. The molecule has 1 N–H and O–H groups in total. The maximum absolute atomic E-state index is 13.5. The second-order valence-electron chi connectivity index (χ2n) is 11.9. The second-order valence-corrected chi connectivity index (χ2v) is 11.9. The number of allylic oxidation sites excluding steroid dienone is 4. The molecule has 0 aromatic heterocycles. The van der Waals surface area contributed by atoms with Gasteiger partial charge in [0.2, 0.25) is 0 Å². The molecule has 6 nitrogen and oxygen atoms in total. The third-order valence-electron chi connectivity index (χ3n) is 7.39. The van der Waals surface area contributed by atoms with E-state index in [9.17, 15) is 19.5 Å². The van der Waals surface area contributed by atoms with Crippen LogP contribution in [0.2, 0.25) is 0 Å². The standard InChI is InChI=1S/C31H32O6/c1-30(2)13-21(32)27-24(15-30)37-25-16-31(3,4)14-22(33)28(25)26(27)19-10-11-23(20(12-19)29(34)35)36-17-18-8-6-5-7-9-18/h5-12,26H,13-17H2,1-4H3,(H,34,35). The zero-order chi connectivity index (χ0) is 26.5. The number of aromatic carboxylic acids is 1. The van der Waals surface area contributed by atoms with E-state index in [1.165, 1.54) is 0 Å². The molecule has 1 aliphatic heterocycles. The van der Waals surface area contributed by atoms with Gasteiger partial charge in [-0.15, -0.1) is 0 Å². The van der Waals surface area contributed by atoms with Crippen molar-refractivity contribution in [3.05, 3.63) is 87.9 Å². The molecule has 2 aromatic rings. The van der Waals surface area contributed by atoms with E-state index >= 15 is 0 Å². The fourth-order valence-electron chi connectivity index (χ4n) is 5.76. The van der Waals surface area contributed by atoms with Crippen molar-refractivity contribution in [3.8, 4) is 5.75 Å². The first-order chi connectivity index (χ1) is 17.4. The monoisotopic (exact) mass is 500 g/mol. The summed E-state index contributed by atoms with van der Waals surface area (Å²) >= 11 is 0. The number of carboxylic acids is 1. The minimum atomic E-state index is -1.13. The third-order valence-corrected chi connectivity index (χ3v) is 7.39. The van der Waals surface area contributed by atoms with Gasteiger partial charge in [-0.3, -0.25) is 9.59 Å². The highest BCUT2D eigenvalue weighted by Crippen LogP contribution is 2.53. The van der Waals surface area contributed by atoms with Crippen LogP contribution in [0.5, 0.6) is 5.75 Å². The molecule has 0 fully saturated rings. The molecule has 2 aromatic carbocycles. The topological polar surface area (TPSA) is 89.9 Å². The molecule has 0 bridgehead atoms. The lowest BCUT2D eigenvalue weighted by Crippen LogP contribution is -2.37. The smallest absolute Gasteiger partial charge is 0.339 e. The number of carboxylic acid groups (broad SMARTS) is 1. The molecule has 0 atom stereocenters. The van der Waals surface area contributed by atoms with Crippen molar-refractivity contribution in [1.82, 2.24) is 0 Å². The van der Waals surface area contributed by atoms with Gasteiger partial charge >= 0.3 is 5.97 Å². The highest BCUT2D eigenvalue weighted by molar-refractivity contribution is 6.06. The van der Waals surface area contributed by atoms with E-state index in [2.05, 4.69) is 0 Å². The average molecular weight is 501 g/mol. The van der Waals surface area contributed by atoms with Crippen LogP contribution in [0.4, 0.5) is 0 Å². The van der Waals surface area contributed by atoms with Crippen LogP contribution in [-0.4, -0.2) is 22.6 Å². The van der Waals surface area contributed by atoms with Gasteiger partial charge in [-0.05, 0) is 34.1 Å². The number of carbonyl (C=O) groups is 3. The Morgan fingerprint density at radius 3 is 2.00 bits per heavy atom. The van der Waals surface area contributed by atoms with Crippen LogP contribution in [-0.2, 0) is 20.9 Å². The maximum atomic E-state index is 13.5. The summed E-state index contributed by atoms with van der Waals surface area (Å²) in [5.41, 5.74) is 1.97. The summed E-state index contributed by atoms with van der Waals surface area (Å²) in [6, 6.07) is 14.5. The first kappa shape index (κ1) is 25.0. The molecule has 0 spiro atoms. The lowest BCUT2D eigenvalue weighted by atomic mass is 9.65. The van der Waals surface area contributed by atoms with Crippen LogP contribution in [0.15, 0.2) is 71.2 Å². The number of ether oxygens (including phenoxy) is 2. The molecule has 1 heterocycles. The van der Waals surface area contributed by atoms with Crippen LogP contribution in [0, 0.1) is 10.8 Å². The number of ketones is 2.